The van der Waals surface area contributed by atoms with Gasteiger partial charge in [0.1, 0.15) is 5.82 Å². The number of aromatic nitrogens is 1. The summed E-state index contributed by atoms with van der Waals surface area (Å²) in [5, 5.41) is 9.42. The van der Waals surface area contributed by atoms with Gasteiger partial charge in [-0.1, -0.05) is 6.07 Å². The van der Waals surface area contributed by atoms with E-state index in [-0.39, 0.29) is 6.61 Å². The summed E-state index contributed by atoms with van der Waals surface area (Å²) in [6.45, 7) is 6.11. The lowest BCUT2D eigenvalue weighted by Crippen LogP contribution is -2.38. The van der Waals surface area contributed by atoms with E-state index in [1.165, 1.54) is 45.3 Å². The van der Waals surface area contributed by atoms with Gasteiger partial charge in [0.25, 0.3) is 0 Å². The highest BCUT2D eigenvalue weighted by atomic mass is 16.3. The van der Waals surface area contributed by atoms with Gasteiger partial charge in [-0.15, -0.1) is 0 Å². The van der Waals surface area contributed by atoms with Gasteiger partial charge < -0.3 is 14.9 Å². The molecule has 2 saturated heterocycles. The maximum atomic E-state index is 9.42. The number of pyridine rings is 1. The van der Waals surface area contributed by atoms with Gasteiger partial charge in [0.05, 0.1) is 6.61 Å². The topological polar surface area (TPSA) is 39.6 Å². The van der Waals surface area contributed by atoms with Crippen LogP contribution in [0.15, 0.2) is 18.3 Å². The average Bonchev–Trinajstić information content (AvgIpc) is 3.01. The van der Waals surface area contributed by atoms with Gasteiger partial charge in [0.2, 0.25) is 0 Å². The van der Waals surface area contributed by atoms with Gasteiger partial charge >= 0.3 is 0 Å². The normalized spacial score (nSPS) is 21.6. The largest absolute Gasteiger partial charge is 0.392 e. The second-order valence-corrected chi connectivity index (χ2v) is 6.08. The molecule has 110 valence electrons. The van der Waals surface area contributed by atoms with Crippen LogP contribution < -0.4 is 4.90 Å². The second kappa shape index (κ2) is 6.55. The number of anilines is 1. The van der Waals surface area contributed by atoms with E-state index < -0.39 is 0 Å². The molecular weight excluding hydrogens is 250 g/mol. The second-order valence-electron chi connectivity index (χ2n) is 6.08. The summed E-state index contributed by atoms with van der Waals surface area (Å²) < 4.78 is 0. The summed E-state index contributed by atoms with van der Waals surface area (Å²) in [6.07, 6.45) is 7.08. The van der Waals surface area contributed by atoms with Crippen molar-refractivity contribution >= 4 is 5.82 Å². The molecule has 0 aromatic carbocycles. The molecule has 0 aliphatic carbocycles. The number of piperidine rings is 1. The molecule has 0 bridgehead atoms. The van der Waals surface area contributed by atoms with Crippen LogP contribution in [-0.4, -0.2) is 47.7 Å². The maximum absolute atomic E-state index is 9.42. The quantitative estimate of drug-likeness (QED) is 0.911. The minimum atomic E-state index is 0.0802. The Morgan fingerprint density at radius 1 is 1.15 bits per heavy atom. The van der Waals surface area contributed by atoms with Crippen LogP contribution in [0.3, 0.4) is 0 Å². The molecule has 1 aromatic rings. The van der Waals surface area contributed by atoms with Gasteiger partial charge in [0, 0.05) is 31.4 Å². The lowest BCUT2D eigenvalue weighted by atomic mass is 9.96. The number of rotatable bonds is 4. The van der Waals surface area contributed by atoms with Crippen LogP contribution in [0.1, 0.15) is 31.2 Å². The minimum Gasteiger partial charge on any atom is -0.392 e. The number of hydrogen-bond donors (Lipinski definition) is 1. The fourth-order valence-corrected chi connectivity index (χ4v) is 3.50. The Labute approximate surface area is 121 Å². The molecule has 0 radical (unpaired) electrons. The van der Waals surface area contributed by atoms with Crippen molar-refractivity contribution in [1.29, 1.82) is 0 Å². The van der Waals surface area contributed by atoms with E-state index in [1.54, 1.807) is 0 Å². The van der Waals surface area contributed by atoms with Crippen LogP contribution in [0, 0.1) is 5.92 Å². The van der Waals surface area contributed by atoms with Gasteiger partial charge in [-0.25, -0.2) is 4.98 Å². The van der Waals surface area contributed by atoms with E-state index in [1.807, 2.05) is 18.3 Å². The zero-order valence-corrected chi connectivity index (χ0v) is 12.2. The number of aliphatic hydroxyl groups is 1. The lowest BCUT2D eigenvalue weighted by molar-refractivity contribution is 0.248. The summed E-state index contributed by atoms with van der Waals surface area (Å²) in [4.78, 5) is 9.42. The molecule has 0 spiro atoms. The Hall–Kier alpha value is -1.13. The monoisotopic (exact) mass is 275 g/mol. The number of likely N-dealkylation sites (tertiary alicyclic amines) is 1. The predicted octanol–water partition coefficient (Wildman–Crippen LogP) is 1.89. The van der Waals surface area contributed by atoms with Crippen molar-refractivity contribution in [3.8, 4) is 0 Å². The number of hydrogen-bond acceptors (Lipinski definition) is 4. The molecule has 2 aliphatic rings. The SMILES string of the molecule is OCc1cccnc1N1CCC(CN2CCCC2)CC1. The first kappa shape index (κ1) is 13.8. The third kappa shape index (κ3) is 3.13. The zero-order chi connectivity index (χ0) is 13.8. The summed E-state index contributed by atoms with van der Waals surface area (Å²) >= 11 is 0. The first-order valence-corrected chi connectivity index (χ1v) is 7.89. The molecule has 1 N–H and O–H groups in total. The molecule has 20 heavy (non-hydrogen) atoms. The fourth-order valence-electron chi connectivity index (χ4n) is 3.50. The number of aliphatic hydroxyl groups excluding tert-OH is 1. The molecule has 0 atom stereocenters. The first-order chi connectivity index (χ1) is 9.86. The van der Waals surface area contributed by atoms with Crippen LogP contribution in [0.4, 0.5) is 5.82 Å². The van der Waals surface area contributed by atoms with Crippen LogP contribution >= 0.6 is 0 Å². The van der Waals surface area contributed by atoms with Crippen molar-refractivity contribution in [2.24, 2.45) is 5.92 Å². The lowest BCUT2D eigenvalue weighted by Gasteiger charge is -2.35. The summed E-state index contributed by atoms with van der Waals surface area (Å²) in [6, 6.07) is 3.87. The summed E-state index contributed by atoms with van der Waals surface area (Å²) in [5.74, 6) is 1.82. The van der Waals surface area contributed by atoms with E-state index in [0.29, 0.717) is 0 Å². The average molecular weight is 275 g/mol. The molecular formula is C16H25N3O. The van der Waals surface area contributed by atoms with E-state index in [2.05, 4.69) is 14.8 Å². The Morgan fingerprint density at radius 3 is 2.60 bits per heavy atom. The summed E-state index contributed by atoms with van der Waals surface area (Å²) in [7, 11) is 0. The Morgan fingerprint density at radius 2 is 1.90 bits per heavy atom. The molecule has 3 rings (SSSR count). The van der Waals surface area contributed by atoms with Gasteiger partial charge in [-0.05, 0) is 50.8 Å². The van der Waals surface area contributed by atoms with Crippen molar-refractivity contribution in [2.45, 2.75) is 32.3 Å². The third-order valence-corrected chi connectivity index (χ3v) is 4.67. The molecule has 2 fully saturated rings. The molecule has 1 aromatic heterocycles. The van der Waals surface area contributed by atoms with E-state index in [9.17, 15) is 5.11 Å². The molecule has 3 heterocycles. The van der Waals surface area contributed by atoms with Gasteiger partial charge in [-0.2, -0.15) is 0 Å². The van der Waals surface area contributed by atoms with Gasteiger partial charge in [-0.3, -0.25) is 0 Å². The van der Waals surface area contributed by atoms with Crippen LogP contribution in [0.2, 0.25) is 0 Å². The van der Waals surface area contributed by atoms with Crippen molar-refractivity contribution in [3.05, 3.63) is 23.9 Å². The molecule has 0 unspecified atom stereocenters. The summed E-state index contributed by atoms with van der Waals surface area (Å²) in [5.41, 5.74) is 0.950. The Balaban J connectivity index is 1.55. The highest BCUT2D eigenvalue weighted by molar-refractivity contribution is 5.46. The van der Waals surface area contributed by atoms with Crippen LogP contribution in [0.5, 0.6) is 0 Å². The first-order valence-electron chi connectivity index (χ1n) is 7.89. The molecule has 4 nitrogen and oxygen atoms in total. The maximum Gasteiger partial charge on any atom is 0.134 e. The highest BCUT2D eigenvalue weighted by Gasteiger charge is 2.24. The minimum absolute atomic E-state index is 0.0802. The highest BCUT2D eigenvalue weighted by Crippen LogP contribution is 2.25. The third-order valence-electron chi connectivity index (χ3n) is 4.67. The van der Waals surface area contributed by atoms with E-state index in [4.69, 9.17) is 0 Å². The Kier molecular flexibility index (Phi) is 4.53. The fraction of sp³-hybridized carbons (Fsp3) is 0.688. The van der Waals surface area contributed by atoms with Crippen molar-refractivity contribution in [3.63, 3.8) is 0 Å². The van der Waals surface area contributed by atoms with Crippen LogP contribution in [-0.2, 0) is 6.61 Å². The smallest absolute Gasteiger partial charge is 0.134 e. The zero-order valence-electron chi connectivity index (χ0n) is 12.2. The Bertz CT molecular complexity index is 423. The van der Waals surface area contributed by atoms with E-state index >= 15 is 0 Å². The van der Waals surface area contributed by atoms with Crippen LogP contribution in [0.25, 0.3) is 0 Å². The number of nitrogens with zero attached hydrogens (tertiary/aromatic N) is 3. The predicted molar refractivity (Wildman–Crippen MR) is 80.8 cm³/mol. The molecule has 4 heteroatoms. The van der Waals surface area contributed by atoms with E-state index in [0.717, 1.165) is 30.4 Å². The van der Waals surface area contributed by atoms with Crippen molar-refractivity contribution < 1.29 is 5.11 Å². The van der Waals surface area contributed by atoms with Gasteiger partial charge in [0.15, 0.2) is 0 Å². The molecule has 0 amide bonds. The standard InChI is InChI=1S/C16H25N3O/c20-13-15-4-3-7-17-16(15)19-10-5-14(6-11-19)12-18-8-1-2-9-18/h3-4,7,14,20H,1-2,5-6,8-13H2. The van der Waals surface area contributed by atoms with Crippen molar-refractivity contribution in [1.82, 2.24) is 9.88 Å². The molecule has 2 aliphatic heterocycles. The van der Waals surface area contributed by atoms with Crippen molar-refractivity contribution in [2.75, 3.05) is 37.6 Å². The molecule has 0 saturated carbocycles.